The third-order valence-corrected chi connectivity index (χ3v) is 10.3. The van der Waals surface area contributed by atoms with Crippen LogP contribution in [-0.4, -0.2) is 112 Å². The van der Waals surface area contributed by atoms with Crippen molar-refractivity contribution in [2.24, 2.45) is 71.6 Å². The Hall–Kier alpha value is -11.4. The standard InChI is InChI=1S/C45H52N22O11/c46-19-25-17-27(66(75)76)31(28(18-25)67(77)78)65(20-24-15-13-23(14-16-24)12-11-22-7-3-1-4-8-22)29(21-68)37(70)56-30(26-9-5-2-6-10-26)38(71)58-34(62-43(50)51)40(73)60-36(64-45(54)55)41(74)59-35(63-44(52)53)39(72)57-33(32(47)69)61-42(48)49/h1-18,29-30,33-36,68H,20-21H2,(H2,47,69)(H,56,70)(H,57,72)(H,58,71)(H,59,74)(H,60,73)(H4,48,49,61)(H4,50,51,62)(H4,52,53,63)(H4,54,55,64)/b12-11+. The second kappa shape index (κ2) is 27.6. The summed E-state index contributed by atoms with van der Waals surface area (Å²) >= 11 is 0. The summed E-state index contributed by atoms with van der Waals surface area (Å²) in [7, 11) is 0. The molecule has 6 amide bonds. The van der Waals surface area contributed by atoms with Crippen molar-refractivity contribution in [2.75, 3.05) is 11.5 Å². The topological polar surface area (TPSA) is 580 Å². The first-order chi connectivity index (χ1) is 36.9. The highest BCUT2D eigenvalue weighted by Gasteiger charge is 2.40. The van der Waals surface area contributed by atoms with Crippen molar-refractivity contribution in [2.45, 2.75) is 43.3 Å². The molecule has 0 fully saturated rings. The Morgan fingerprint density at radius 2 is 0.974 bits per heavy atom. The van der Waals surface area contributed by atoms with Crippen LogP contribution in [0.25, 0.3) is 12.2 Å². The van der Waals surface area contributed by atoms with Crippen LogP contribution >= 0.6 is 0 Å². The lowest BCUT2D eigenvalue weighted by molar-refractivity contribution is -0.392. The predicted molar refractivity (Wildman–Crippen MR) is 281 cm³/mol. The number of guanidine groups is 4. The van der Waals surface area contributed by atoms with E-state index in [1.807, 2.05) is 52.4 Å². The molecule has 4 aromatic carbocycles. The summed E-state index contributed by atoms with van der Waals surface area (Å²) in [6.07, 6.45) is -4.94. The number of nitrogens with zero attached hydrogens (tertiary/aromatic N) is 8. The maximum absolute atomic E-state index is 14.7. The maximum Gasteiger partial charge on any atom is 0.301 e. The monoisotopic (exact) mass is 1080 g/mol. The number of nitro groups is 2. The SMILES string of the molecule is N#Cc1cc([N+](=O)[O-])c(N(Cc2ccc(/C=C/c3ccccc3)cc2)C(CO)C(=O)NC(C(=O)NC(N=C(N)N)C(=O)NC(N=C(N)N)C(=O)NC(N=C(N)N)C(=O)NC(N=C(N)N)C(N)=O)c2ccccc2)c([N+](=O)[O-])c1. The minimum Gasteiger partial charge on any atom is -0.394 e. The number of aliphatic hydroxyl groups is 1. The molecular formula is C45H52N22O11. The molecule has 78 heavy (non-hydrogen) atoms. The van der Waals surface area contributed by atoms with Gasteiger partial charge in [-0.05, 0) is 22.3 Å². The molecule has 6 unspecified atom stereocenters. The molecule has 0 heterocycles. The molecule has 0 radical (unpaired) electrons. The minimum atomic E-state index is -2.25. The Morgan fingerprint density at radius 3 is 1.37 bits per heavy atom. The largest absolute Gasteiger partial charge is 0.394 e. The van der Waals surface area contributed by atoms with Crippen LogP contribution in [0, 0.1) is 31.6 Å². The lowest BCUT2D eigenvalue weighted by Gasteiger charge is -2.32. The number of hydrogen-bond acceptors (Lipinski definition) is 17. The van der Waals surface area contributed by atoms with Gasteiger partial charge in [-0.1, -0.05) is 97.1 Å². The molecule has 0 saturated heterocycles. The fourth-order valence-corrected chi connectivity index (χ4v) is 6.87. The van der Waals surface area contributed by atoms with Gasteiger partial charge < -0.3 is 88.2 Å². The number of carbonyl (C=O) groups is 6. The first kappa shape index (κ1) is 59.1. The van der Waals surface area contributed by atoms with Crippen molar-refractivity contribution in [1.82, 2.24) is 26.6 Å². The van der Waals surface area contributed by atoms with Gasteiger partial charge in [0.1, 0.15) is 12.1 Å². The molecule has 4 aromatic rings. The summed E-state index contributed by atoms with van der Waals surface area (Å²) in [4.78, 5) is 120. The van der Waals surface area contributed by atoms with Gasteiger partial charge in [-0.25, -0.2) is 20.0 Å². The van der Waals surface area contributed by atoms with Crippen molar-refractivity contribution < 1.29 is 43.7 Å². The highest BCUT2D eigenvalue weighted by Crippen LogP contribution is 2.41. The lowest BCUT2D eigenvalue weighted by atomic mass is 10.0. The fourth-order valence-electron chi connectivity index (χ4n) is 6.87. The Morgan fingerprint density at radius 1 is 0.577 bits per heavy atom. The van der Waals surface area contributed by atoms with Crippen LogP contribution in [0.1, 0.15) is 33.9 Å². The van der Waals surface area contributed by atoms with Gasteiger partial charge >= 0.3 is 11.4 Å². The fraction of sp³-hybridized carbons (Fsp3) is 0.178. The molecule has 0 aliphatic rings. The zero-order chi connectivity index (χ0) is 57.8. The molecule has 0 bridgehead atoms. The second-order valence-electron chi connectivity index (χ2n) is 15.9. The Balaban J connectivity index is 1.75. The van der Waals surface area contributed by atoms with E-state index < -0.39 is 142 Å². The van der Waals surface area contributed by atoms with Crippen LogP contribution in [0.3, 0.4) is 0 Å². The van der Waals surface area contributed by atoms with Crippen LogP contribution in [0.5, 0.6) is 0 Å². The van der Waals surface area contributed by atoms with Crippen molar-refractivity contribution in [3.8, 4) is 6.07 Å². The number of nitrogens with two attached hydrogens (primary N) is 9. The number of nitro benzene ring substituents is 2. The molecule has 4 rings (SSSR count). The first-order valence-electron chi connectivity index (χ1n) is 22.2. The highest BCUT2D eigenvalue weighted by atomic mass is 16.6. The Bertz CT molecular complexity index is 3040. The third kappa shape index (κ3) is 17.1. The molecule has 6 atom stereocenters. The highest BCUT2D eigenvalue weighted by molar-refractivity contribution is 5.99. The van der Waals surface area contributed by atoms with E-state index in [1.54, 1.807) is 36.4 Å². The van der Waals surface area contributed by atoms with E-state index in [0.717, 1.165) is 22.6 Å². The molecule has 33 nitrogen and oxygen atoms in total. The van der Waals surface area contributed by atoms with Gasteiger partial charge in [-0.2, -0.15) is 5.26 Å². The first-order valence-corrected chi connectivity index (χ1v) is 22.2. The summed E-state index contributed by atoms with van der Waals surface area (Å²) in [6.45, 7) is -1.76. The summed E-state index contributed by atoms with van der Waals surface area (Å²) in [5, 5.41) is 56.5. The van der Waals surface area contributed by atoms with E-state index in [2.05, 4.69) is 30.6 Å². The second-order valence-corrected chi connectivity index (χ2v) is 15.9. The van der Waals surface area contributed by atoms with E-state index in [9.17, 15) is 59.4 Å². The van der Waals surface area contributed by atoms with Gasteiger partial charge in [0, 0.05) is 18.7 Å². The number of nitrogens with one attached hydrogen (secondary N) is 5. The molecule has 0 spiro atoms. The normalized spacial score (nSPS) is 12.9. The maximum atomic E-state index is 14.7. The number of primary amides is 1. The van der Waals surface area contributed by atoms with E-state index in [-0.39, 0.29) is 5.56 Å². The molecule has 33 heteroatoms. The number of hydrogen-bond donors (Lipinski definition) is 15. The van der Waals surface area contributed by atoms with Gasteiger partial charge in [0.2, 0.25) is 36.5 Å². The molecular weight excluding hydrogens is 1020 g/mol. The number of aliphatic imine (C=N–C) groups is 4. The van der Waals surface area contributed by atoms with Crippen molar-refractivity contribution >= 4 is 88.5 Å². The van der Waals surface area contributed by atoms with E-state index in [0.29, 0.717) is 11.1 Å². The number of nitriles is 1. The van der Waals surface area contributed by atoms with Crippen LogP contribution in [0.15, 0.2) is 117 Å². The number of amides is 6. The predicted octanol–water partition coefficient (Wildman–Crippen LogP) is -4.88. The zero-order valence-corrected chi connectivity index (χ0v) is 40.6. The Labute approximate surface area is 440 Å². The average Bonchev–Trinajstić information content (AvgIpc) is 3.44. The van der Waals surface area contributed by atoms with E-state index in [1.165, 1.54) is 30.3 Å². The molecule has 0 saturated carbocycles. The molecule has 408 valence electrons. The molecule has 24 N–H and O–H groups in total. The van der Waals surface area contributed by atoms with Gasteiger partial charge in [0.15, 0.2) is 29.5 Å². The average molecular weight is 1080 g/mol. The summed E-state index contributed by atoms with van der Waals surface area (Å²) in [5.41, 5.74) is 47.5. The number of rotatable bonds is 25. The van der Waals surface area contributed by atoms with E-state index in [4.69, 9.17) is 51.6 Å². The third-order valence-electron chi connectivity index (χ3n) is 10.3. The summed E-state index contributed by atoms with van der Waals surface area (Å²) < 4.78 is 0. The van der Waals surface area contributed by atoms with Crippen LogP contribution < -0.4 is 83.1 Å². The summed E-state index contributed by atoms with van der Waals surface area (Å²) in [6, 6.07) is 21.9. The summed E-state index contributed by atoms with van der Waals surface area (Å²) in [5.74, 6) is -11.4. The quantitative estimate of drug-likeness (QED) is 0.00973. The minimum absolute atomic E-state index is 0.0230. The number of carbonyl (C=O) groups excluding carboxylic acids is 6. The van der Waals surface area contributed by atoms with Gasteiger partial charge in [0.05, 0.1) is 28.1 Å². The number of benzene rings is 4. The molecule has 0 aliphatic carbocycles. The van der Waals surface area contributed by atoms with Crippen molar-refractivity contribution in [3.63, 3.8) is 0 Å². The van der Waals surface area contributed by atoms with Crippen LogP contribution in [0.2, 0.25) is 0 Å². The van der Waals surface area contributed by atoms with Gasteiger partial charge in [0.25, 0.3) is 23.6 Å². The smallest absolute Gasteiger partial charge is 0.301 e. The van der Waals surface area contributed by atoms with Gasteiger partial charge in [-0.3, -0.25) is 49.0 Å². The van der Waals surface area contributed by atoms with E-state index >= 15 is 0 Å². The zero-order valence-electron chi connectivity index (χ0n) is 40.6. The van der Waals surface area contributed by atoms with Crippen molar-refractivity contribution in [3.05, 3.63) is 145 Å². The van der Waals surface area contributed by atoms with Gasteiger partial charge in [-0.15, -0.1) is 0 Å². The molecule has 0 aliphatic heterocycles. The lowest BCUT2D eigenvalue weighted by Crippen LogP contribution is -2.58. The van der Waals surface area contributed by atoms with Crippen LogP contribution in [0.4, 0.5) is 17.1 Å². The van der Waals surface area contributed by atoms with Crippen LogP contribution in [-0.2, 0) is 35.3 Å². The number of anilines is 1. The Kier molecular flexibility index (Phi) is 20.9. The molecule has 0 aromatic heterocycles. The van der Waals surface area contributed by atoms with Crippen molar-refractivity contribution in [1.29, 1.82) is 5.26 Å². The number of aliphatic hydroxyl groups excluding tert-OH is 1.